The first kappa shape index (κ1) is 12.9. The van der Waals surface area contributed by atoms with Gasteiger partial charge < -0.3 is 0 Å². The molecule has 1 nitrogen and oxygen atoms in total. The molecule has 2 heteroatoms. The fourth-order valence-corrected chi connectivity index (χ4v) is 1.85. The van der Waals surface area contributed by atoms with Gasteiger partial charge in [-0.25, -0.2) is 4.39 Å². The zero-order chi connectivity index (χ0) is 12.0. The number of carbonyl (C=O) groups excluding carboxylic acids is 1. The van der Waals surface area contributed by atoms with E-state index in [0.717, 1.165) is 25.7 Å². The maximum atomic E-state index is 13.4. The van der Waals surface area contributed by atoms with Gasteiger partial charge in [0, 0.05) is 5.92 Å². The Balaban J connectivity index is 2.79. The lowest BCUT2D eigenvalue weighted by Gasteiger charge is -2.13. The molecule has 0 saturated carbocycles. The summed E-state index contributed by atoms with van der Waals surface area (Å²) in [6.45, 7) is 4.08. The minimum atomic E-state index is -0.401. The highest BCUT2D eigenvalue weighted by Gasteiger charge is 2.20. The first-order valence-electron chi connectivity index (χ1n) is 5.99. The second-order valence-corrected chi connectivity index (χ2v) is 4.09. The summed E-state index contributed by atoms with van der Waals surface area (Å²) in [6.07, 6.45) is 3.74. The van der Waals surface area contributed by atoms with Crippen molar-refractivity contribution in [2.24, 2.45) is 5.92 Å². The number of hydrogen-bond acceptors (Lipinski definition) is 1. The van der Waals surface area contributed by atoms with Crippen LogP contribution < -0.4 is 0 Å². The molecule has 16 heavy (non-hydrogen) atoms. The highest BCUT2D eigenvalue weighted by atomic mass is 19.1. The van der Waals surface area contributed by atoms with E-state index in [-0.39, 0.29) is 17.3 Å². The van der Waals surface area contributed by atoms with Crippen molar-refractivity contribution < 1.29 is 9.18 Å². The van der Waals surface area contributed by atoms with Gasteiger partial charge in [-0.3, -0.25) is 4.79 Å². The maximum absolute atomic E-state index is 13.4. The number of halogens is 1. The predicted octanol–water partition coefficient (Wildman–Crippen LogP) is 4.22. The minimum Gasteiger partial charge on any atom is -0.294 e. The van der Waals surface area contributed by atoms with Crippen molar-refractivity contribution in [3.05, 3.63) is 35.6 Å². The first-order chi connectivity index (χ1) is 7.70. The molecule has 88 valence electrons. The largest absolute Gasteiger partial charge is 0.294 e. The van der Waals surface area contributed by atoms with Gasteiger partial charge in [0.05, 0.1) is 5.56 Å². The monoisotopic (exact) mass is 222 g/mol. The summed E-state index contributed by atoms with van der Waals surface area (Å²) in [5.41, 5.74) is 0.241. The standard InChI is InChI=1S/C14H19FO/c1-3-5-8-11(4-2)14(16)12-9-6-7-10-13(12)15/h6-7,9-11H,3-5,8H2,1-2H3. The van der Waals surface area contributed by atoms with Gasteiger partial charge in [0.2, 0.25) is 0 Å². The normalized spacial score (nSPS) is 12.4. The quantitative estimate of drug-likeness (QED) is 0.658. The lowest BCUT2D eigenvalue weighted by Crippen LogP contribution is -2.15. The molecule has 0 aliphatic rings. The lowest BCUT2D eigenvalue weighted by atomic mass is 9.90. The van der Waals surface area contributed by atoms with Crippen molar-refractivity contribution in [1.82, 2.24) is 0 Å². The summed E-state index contributed by atoms with van der Waals surface area (Å²) in [5.74, 6) is -0.478. The molecule has 1 aromatic carbocycles. The summed E-state index contributed by atoms with van der Waals surface area (Å²) < 4.78 is 13.4. The molecular formula is C14H19FO. The molecule has 0 aromatic heterocycles. The first-order valence-corrected chi connectivity index (χ1v) is 5.99. The van der Waals surface area contributed by atoms with Crippen LogP contribution in [0.3, 0.4) is 0 Å². The van der Waals surface area contributed by atoms with Crippen LogP contribution in [-0.4, -0.2) is 5.78 Å². The van der Waals surface area contributed by atoms with E-state index in [1.54, 1.807) is 18.2 Å². The van der Waals surface area contributed by atoms with E-state index in [4.69, 9.17) is 0 Å². The number of rotatable bonds is 6. The zero-order valence-electron chi connectivity index (χ0n) is 10.0. The number of unbranched alkanes of at least 4 members (excludes halogenated alkanes) is 1. The Hall–Kier alpha value is -1.18. The molecule has 0 amide bonds. The van der Waals surface area contributed by atoms with Crippen LogP contribution in [0.15, 0.2) is 24.3 Å². The molecule has 0 aliphatic carbocycles. The van der Waals surface area contributed by atoms with E-state index in [9.17, 15) is 9.18 Å². The third-order valence-corrected chi connectivity index (χ3v) is 2.91. The van der Waals surface area contributed by atoms with Gasteiger partial charge in [0.1, 0.15) is 5.82 Å². The molecule has 0 N–H and O–H groups in total. The molecule has 1 aromatic rings. The number of carbonyl (C=O) groups is 1. The molecule has 0 bridgehead atoms. The molecule has 0 spiro atoms. The Morgan fingerprint density at radius 2 is 2.00 bits per heavy atom. The van der Waals surface area contributed by atoms with Crippen LogP contribution >= 0.6 is 0 Å². The van der Waals surface area contributed by atoms with Gasteiger partial charge in [-0.1, -0.05) is 38.8 Å². The van der Waals surface area contributed by atoms with E-state index < -0.39 is 5.82 Å². The van der Waals surface area contributed by atoms with Crippen molar-refractivity contribution in [2.75, 3.05) is 0 Å². The molecule has 0 saturated heterocycles. The molecule has 0 fully saturated rings. The number of hydrogen-bond donors (Lipinski definition) is 0. The van der Waals surface area contributed by atoms with Gasteiger partial charge in [0.25, 0.3) is 0 Å². The van der Waals surface area contributed by atoms with E-state index in [1.807, 2.05) is 6.92 Å². The topological polar surface area (TPSA) is 17.1 Å². The smallest absolute Gasteiger partial charge is 0.168 e. The van der Waals surface area contributed by atoms with Crippen molar-refractivity contribution >= 4 is 5.78 Å². The molecule has 0 radical (unpaired) electrons. The summed E-state index contributed by atoms with van der Waals surface area (Å²) in [4.78, 5) is 12.1. The van der Waals surface area contributed by atoms with Crippen LogP contribution in [0.4, 0.5) is 4.39 Å². The van der Waals surface area contributed by atoms with E-state index in [0.29, 0.717) is 0 Å². The summed E-state index contributed by atoms with van der Waals surface area (Å²) in [5, 5.41) is 0. The van der Waals surface area contributed by atoms with E-state index in [1.165, 1.54) is 6.07 Å². The van der Waals surface area contributed by atoms with Crippen LogP contribution in [0.2, 0.25) is 0 Å². The van der Waals surface area contributed by atoms with Crippen molar-refractivity contribution in [2.45, 2.75) is 39.5 Å². The van der Waals surface area contributed by atoms with Gasteiger partial charge >= 0.3 is 0 Å². The zero-order valence-corrected chi connectivity index (χ0v) is 10.0. The Bertz CT molecular complexity index is 346. The molecule has 0 aliphatic heterocycles. The van der Waals surface area contributed by atoms with Crippen molar-refractivity contribution in [3.63, 3.8) is 0 Å². The summed E-state index contributed by atoms with van der Waals surface area (Å²) in [7, 11) is 0. The van der Waals surface area contributed by atoms with Crippen molar-refractivity contribution in [1.29, 1.82) is 0 Å². The van der Waals surface area contributed by atoms with Crippen LogP contribution in [0, 0.1) is 11.7 Å². The second-order valence-electron chi connectivity index (χ2n) is 4.09. The average molecular weight is 222 g/mol. The maximum Gasteiger partial charge on any atom is 0.168 e. The number of benzene rings is 1. The van der Waals surface area contributed by atoms with Crippen LogP contribution in [0.5, 0.6) is 0 Å². The third-order valence-electron chi connectivity index (χ3n) is 2.91. The third kappa shape index (κ3) is 3.16. The average Bonchev–Trinajstić information content (AvgIpc) is 2.30. The summed E-state index contributed by atoms with van der Waals surface area (Å²) in [6, 6.07) is 6.24. The molecule has 1 atom stereocenters. The predicted molar refractivity (Wildman–Crippen MR) is 64.0 cm³/mol. The Morgan fingerprint density at radius 1 is 1.31 bits per heavy atom. The van der Waals surface area contributed by atoms with E-state index >= 15 is 0 Å². The molecule has 1 unspecified atom stereocenters. The number of ketones is 1. The fraction of sp³-hybridized carbons (Fsp3) is 0.500. The van der Waals surface area contributed by atoms with Gasteiger partial charge in [-0.2, -0.15) is 0 Å². The van der Waals surface area contributed by atoms with Crippen LogP contribution in [0.1, 0.15) is 49.9 Å². The Labute approximate surface area is 96.7 Å². The summed E-state index contributed by atoms with van der Waals surface area (Å²) >= 11 is 0. The van der Waals surface area contributed by atoms with Gasteiger partial charge in [-0.05, 0) is 25.0 Å². The highest BCUT2D eigenvalue weighted by molar-refractivity contribution is 5.98. The molecule has 0 heterocycles. The van der Waals surface area contributed by atoms with Crippen molar-refractivity contribution in [3.8, 4) is 0 Å². The lowest BCUT2D eigenvalue weighted by molar-refractivity contribution is 0.0904. The molecule has 1 rings (SSSR count). The van der Waals surface area contributed by atoms with Crippen LogP contribution in [0.25, 0.3) is 0 Å². The second kappa shape index (κ2) is 6.41. The Kier molecular flexibility index (Phi) is 5.17. The van der Waals surface area contributed by atoms with Gasteiger partial charge in [-0.15, -0.1) is 0 Å². The number of Topliss-reactive ketones (excluding diaryl/α,β-unsaturated/α-hetero) is 1. The minimum absolute atomic E-state index is 0.0307. The molecular weight excluding hydrogens is 203 g/mol. The van der Waals surface area contributed by atoms with Crippen LogP contribution in [-0.2, 0) is 0 Å². The SMILES string of the molecule is CCCCC(CC)C(=O)c1ccccc1F. The van der Waals surface area contributed by atoms with Gasteiger partial charge in [0.15, 0.2) is 5.78 Å². The highest BCUT2D eigenvalue weighted by Crippen LogP contribution is 2.20. The Morgan fingerprint density at radius 3 is 2.56 bits per heavy atom. The van der Waals surface area contributed by atoms with E-state index in [2.05, 4.69) is 6.92 Å². The fourth-order valence-electron chi connectivity index (χ4n) is 1.85.